The lowest BCUT2D eigenvalue weighted by molar-refractivity contribution is -0.103. The third-order valence-corrected chi connectivity index (χ3v) is 3.72. The molecular formula is C14H17NO. The first kappa shape index (κ1) is 10.1. The largest absolute Gasteiger partial charge is 0.371 e. The maximum absolute atomic E-state index is 10.9. The maximum Gasteiger partial charge on any atom is 0.148 e. The number of aliphatic hydroxyl groups is 1. The molecule has 1 aromatic carbocycles. The number of hydrogen-bond acceptors (Lipinski definition) is 2. The topological polar surface area (TPSA) is 23.5 Å². The van der Waals surface area contributed by atoms with Gasteiger partial charge in [-0.2, -0.15) is 0 Å². The van der Waals surface area contributed by atoms with Gasteiger partial charge in [-0.15, -0.1) is 0 Å². The van der Waals surface area contributed by atoms with Crippen molar-refractivity contribution in [2.24, 2.45) is 0 Å². The van der Waals surface area contributed by atoms with Crippen LogP contribution in [0.4, 0.5) is 0 Å². The molecule has 1 atom stereocenters. The second-order valence-electron chi connectivity index (χ2n) is 4.70. The maximum atomic E-state index is 10.9. The molecule has 1 aliphatic carbocycles. The van der Waals surface area contributed by atoms with Crippen molar-refractivity contribution in [2.45, 2.75) is 25.0 Å². The van der Waals surface area contributed by atoms with Gasteiger partial charge in [-0.1, -0.05) is 36.4 Å². The molecule has 0 saturated carbocycles. The van der Waals surface area contributed by atoms with E-state index in [9.17, 15) is 5.11 Å². The van der Waals surface area contributed by atoms with E-state index in [0.29, 0.717) is 6.42 Å². The number of hydrogen-bond donors (Lipinski definition) is 1. The molecule has 1 saturated heterocycles. The van der Waals surface area contributed by atoms with Gasteiger partial charge in [0.05, 0.1) is 0 Å². The van der Waals surface area contributed by atoms with Crippen LogP contribution < -0.4 is 0 Å². The minimum absolute atomic E-state index is 0.712. The molecule has 84 valence electrons. The predicted molar refractivity (Wildman–Crippen MR) is 64.8 cm³/mol. The van der Waals surface area contributed by atoms with Gasteiger partial charge in [0, 0.05) is 25.1 Å². The van der Waals surface area contributed by atoms with Crippen molar-refractivity contribution in [3.8, 4) is 0 Å². The fourth-order valence-corrected chi connectivity index (χ4v) is 2.85. The summed E-state index contributed by atoms with van der Waals surface area (Å²) in [6.45, 7) is 2.03. The summed E-state index contributed by atoms with van der Waals surface area (Å²) in [6, 6.07) is 8.17. The second kappa shape index (κ2) is 3.72. The summed E-state index contributed by atoms with van der Waals surface area (Å²) in [4.78, 5) is 2.22. The van der Waals surface area contributed by atoms with Crippen molar-refractivity contribution in [3.05, 3.63) is 41.5 Å². The van der Waals surface area contributed by atoms with Crippen molar-refractivity contribution in [1.82, 2.24) is 4.90 Å². The smallest absolute Gasteiger partial charge is 0.148 e. The quantitative estimate of drug-likeness (QED) is 0.777. The average Bonchev–Trinajstić information content (AvgIpc) is 2.84. The molecule has 2 aliphatic rings. The summed E-state index contributed by atoms with van der Waals surface area (Å²) in [5.41, 5.74) is 1.46. The summed E-state index contributed by atoms with van der Waals surface area (Å²) in [5, 5.41) is 10.9. The lowest BCUT2D eigenvalue weighted by Crippen LogP contribution is -2.45. The van der Waals surface area contributed by atoms with E-state index in [1.54, 1.807) is 0 Å². The van der Waals surface area contributed by atoms with E-state index >= 15 is 0 Å². The molecule has 16 heavy (non-hydrogen) atoms. The second-order valence-corrected chi connectivity index (χ2v) is 4.70. The van der Waals surface area contributed by atoms with Crippen molar-refractivity contribution in [2.75, 3.05) is 13.1 Å². The summed E-state index contributed by atoms with van der Waals surface area (Å²) in [7, 11) is 0. The minimum atomic E-state index is -0.762. The fourth-order valence-electron chi connectivity index (χ4n) is 2.85. The molecule has 0 bridgehead atoms. The van der Waals surface area contributed by atoms with Crippen LogP contribution in [0.15, 0.2) is 30.3 Å². The highest BCUT2D eigenvalue weighted by molar-refractivity contribution is 5.58. The van der Waals surface area contributed by atoms with Crippen molar-refractivity contribution < 1.29 is 5.11 Å². The van der Waals surface area contributed by atoms with Crippen molar-refractivity contribution >= 4 is 6.08 Å². The van der Waals surface area contributed by atoms with E-state index < -0.39 is 5.72 Å². The Hall–Kier alpha value is -1.12. The van der Waals surface area contributed by atoms with E-state index in [4.69, 9.17) is 0 Å². The van der Waals surface area contributed by atoms with Crippen LogP contribution in [0.25, 0.3) is 6.08 Å². The summed E-state index contributed by atoms with van der Waals surface area (Å²) < 4.78 is 0. The predicted octanol–water partition coefficient (Wildman–Crippen LogP) is 2.34. The van der Waals surface area contributed by atoms with Gasteiger partial charge in [0.2, 0.25) is 0 Å². The molecule has 1 aliphatic heterocycles. The van der Waals surface area contributed by atoms with Crippen molar-refractivity contribution in [1.29, 1.82) is 0 Å². The zero-order valence-electron chi connectivity index (χ0n) is 9.39. The molecule has 1 heterocycles. The molecule has 0 aromatic heterocycles. The number of likely N-dealkylation sites (tertiary alicyclic amines) is 1. The van der Waals surface area contributed by atoms with E-state index in [2.05, 4.69) is 29.2 Å². The molecule has 1 fully saturated rings. The Kier molecular flexibility index (Phi) is 2.34. The van der Waals surface area contributed by atoms with Crippen LogP contribution in [0.3, 0.4) is 0 Å². The Morgan fingerprint density at radius 1 is 1.12 bits per heavy atom. The van der Waals surface area contributed by atoms with Crippen LogP contribution in [-0.2, 0) is 5.72 Å². The SMILES string of the molecule is OC1(N2CCCC2)CC=Cc2ccccc21. The first-order chi connectivity index (χ1) is 7.81. The normalized spacial score (nSPS) is 29.3. The molecule has 1 N–H and O–H groups in total. The van der Waals surface area contributed by atoms with Crippen LogP contribution in [-0.4, -0.2) is 23.1 Å². The standard InChI is InChI=1S/C14H17NO/c16-14(15-10-3-4-11-15)9-5-7-12-6-1-2-8-13(12)14/h1-2,5-8,16H,3-4,9-11H2. The summed E-state index contributed by atoms with van der Waals surface area (Å²) in [5.74, 6) is 0. The molecule has 1 unspecified atom stereocenters. The van der Waals surface area contributed by atoms with Gasteiger partial charge in [-0.3, -0.25) is 4.90 Å². The first-order valence-corrected chi connectivity index (χ1v) is 6.04. The molecule has 0 radical (unpaired) electrons. The van der Waals surface area contributed by atoms with Crippen LogP contribution in [0, 0.1) is 0 Å². The summed E-state index contributed by atoms with van der Waals surface area (Å²) in [6.07, 6.45) is 7.31. The zero-order valence-corrected chi connectivity index (χ0v) is 9.39. The van der Waals surface area contributed by atoms with E-state index in [1.807, 2.05) is 12.1 Å². The van der Waals surface area contributed by atoms with E-state index in [0.717, 1.165) is 24.2 Å². The van der Waals surface area contributed by atoms with Gasteiger partial charge in [-0.05, 0) is 18.4 Å². The number of benzene rings is 1. The van der Waals surface area contributed by atoms with Crippen LogP contribution >= 0.6 is 0 Å². The van der Waals surface area contributed by atoms with Gasteiger partial charge in [0.1, 0.15) is 5.72 Å². The third-order valence-electron chi connectivity index (χ3n) is 3.72. The minimum Gasteiger partial charge on any atom is -0.371 e. The monoisotopic (exact) mass is 215 g/mol. The molecule has 3 rings (SSSR count). The highest BCUT2D eigenvalue weighted by Crippen LogP contribution is 2.38. The molecule has 0 amide bonds. The van der Waals surface area contributed by atoms with Gasteiger partial charge in [0.15, 0.2) is 0 Å². The number of nitrogens with zero attached hydrogens (tertiary/aromatic N) is 1. The third kappa shape index (κ3) is 1.41. The number of rotatable bonds is 1. The number of fused-ring (bicyclic) bond motifs is 1. The van der Waals surface area contributed by atoms with Crippen LogP contribution in [0.2, 0.25) is 0 Å². The Morgan fingerprint density at radius 2 is 1.88 bits per heavy atom. The van der Waals surface area contributed by atoms with Crippen LogP contribution in [0.5, 0.6) is 0 Å². The molecule has 2 heteroatoms. The van der Waals surface area contributed by atoms with Gasteiger partial charge in [-0.25, -0.2) is 0 Å². The Balaban J connectivity index is 2.05. The average molecular weight is 215 g/mol. The molecule has 2 nitrogen and oxygen atoms in total. The van der Waals surface area contributed by atoms with Crippen molar-refractivity contribution in [3.63, 3.8) is 0 Å². The van der Waals surface area contributed by atoms with E-state index in [-0.39, 0.29) is 0 Å². The lowest BCUT2D eigenvalue weighted by Gasteiger charge is -2.39. The Labute approximate surface area is 96.2 Å². The molecule has 1 aromatic rings. The Bertz CT molecular complexity index is 420. The summed E-state index contributed by atoms with van der Waals surface area (Å²) >= 11 is 0. The highest BCUT2D eigenvalue weighted by Gasteiger charge is 2.39. The van der Waals surface area contributed by atoms with Gasteiger partial charge in [0.25, 0.3) is 0 Å². The van der Waals surface area contributed by atoms with Crippen LogP contribution in [0.1, 0.15) is 30.4 Å². The van der Waals surface area contributed by atoms with Gasteiger partial charge < -0.3 is 5.11 Å². The fraction of sp³-hybridized carbons (Fsp3) is 0.429. The Morgan fingerprint density at radius 3 is 2.69 bits per heavy atom. The first-order valence-electron chi connectivity index (χ1n) is 6.04. The highest BCUT2D eigenvalue weighted by atomic mass is 16.3. The molecule has 0 spiro atoms. The lowest BCUT2D eigenvalue weighted by atomic mass is 9.88. The zero-order chi connectivity index (χ0) is 11.0. The van der Waals surface area contributed by atoms with E-state index in [1.165, 1.54) is 12.8 Å². The van der Waals surface area contributed by atoms with Gasteiger partial charge >= 0.3 is 0 Å². The molecular weight excluding hydrogens is 198 g/mol.